The zero-order valence-electron chi connectivity index (χ0n) is 15.0. The molecule has 0 aliphatic carbocycles. The summed E-state index contributed by atoms with van der Waals surface area (Å²) in [6, 6.07) is 2.86. The number of aldehydes is 1. The maximum absolute atomic E-state index is 11.5. The Morgan fingerprint density at radius 1 is 1.38 bits per heavy atom. The van der Waals surface area contributed by atoms with E-state index in [-0.39, 0.29) is 0 Å². The maximum atomic E-state index is 11.5. The number of ether oxygens (including phenoxy) is 2. The van der Waals surface area contributed by atoms with Crippen LogP contribution in [0.1, 0.15) is 15.9 Å². The van der Waals surface area contributed by atoms with E-state index < -0.39 is 8.07 Å². The maximum Gasteiger partial charge on any atom is 0.152 e. The van der Waals surface area contributed by atoms with E-state index in [1.54, 1.807) is 23.0 Å². The molecule has 0 spiro atoms. The van der Waals surface area contributed by atoms with E-state index >= 15 is 0 Å². The Bertz CT molecular complexity index is 732. The molecule has 0 radical (unpaired) electrons. The molecule has 1 heterocycles. The lowest BCUT2D eigenvalue weighted by Crippen LogP contribution is -2.22. The van der Waals surface area contributed by atoms with E-state index in [0.29, 0.717) is 31.3 Å². The van der Waals surface area contributed by atoms with Crippen LogP contribution in [0.2, 0.25) is 25.7 Å². The molecular formula is C18H26N2O3Si. The van der Waals surface area contributed by atoms with Crippen molar-refractivity contribution < 1.29 is 14.3 Å². The molecule has 0 atom stereocenters. The molecule has 0 saturated carbocycles. The van der Waals surface area contributed by atoms with Crippen molar-refractivity contribution in [1.29, 1.82) is 0 Å². The Balaban J connectivity index is 2.25. The fourth-order valence-electron chi connectivity index (χ4n) is 2.43. The highest BCUT2D eigenvalue weighted by molar-refractivity contribution is 6.76. The molecule has 0 aliphatic heterocycles. The quantitative estimate of drug-likeness (QED) is 0.298. The molecule has 0 aliphatic rings. The van der Waals surface area contributed by atoms with Crippen LogP contribution in [0.15, 0.2) is 24.9 Å². The van der Waals surface area contributed by atoms with E-state index in [1.807, 2.05) is 6.92 Å². The Morgan fingerprint density at radius 2 is 2.12 bits per heavy atom. The Hall–Kier alpha value is -1.92. The molecule has 0 N–H and O–H groups in total. The number of rotatable bonds is 9. The molecule has 24 heavy (non-hydrogen) atoms. The molecule has 2 rings (SSSR count). The average Bonchev–Trinajstić information content (AvgIpc) is 2.95. The Kier molecular flexibility index (Phi) is 5.96. The van der Waals surface area contributed by atoms with Crippen molar-refractivity contribution in [2.45, 2.75) is 39.3 Å². The summed E-state index contributed by atoms with van der Waals surface area (Å²) >= 11 is 0. The minimum atomic E-state index is -1.12. The normalized spacial score (nSPS) is 11.7. The van der Waals surface area contributed by atoms with Crippen LogP contribution in [-0.2, 0) is 11.5 Å². The van der Waals surface area contributed by atoms with E-state index in [1.165, 1.54) is 0 Å². The standard InChI is InChI=1S/C18H26N2O3Si/c1-6-7-23-17-10-15(12-21)18-16(14(17)2)11-19-20(18)13-22-8-9-24(3,4)5/h6,10-12H,1,7-9,13H2,2-5H3. The first-order valence-corrected chi connectivity index (χ1v) is 11.8. The summed E-state index contributed by atoms with van der Waals surface area (Å²) in [7, 11) is -1.12. The molecular weight excluding hydrogens is 320 g/mol. The van der Waals surface area contributed by atoms with Crippen LogP contribution in [0, 0.1) is 6.92 Å². The van der Waals surface area contributed by atoms with Crippen LogP contribution < -0.4 is 4.74 Å². The van der Waals surface area contributed by atoms with Gasteiger partial charge in [0.2, 0.25) is 0 Å². The number of aryl methyl sites for hydroxylation is 1. The van der Waals surface area contributed by atoms with Crippen molar-refractivity contribution in [3.63, 3.8) is 0 Å². The second kappa shape index (κ2) is 7.77. The summed E-state index contributed by atoms with van der Waals surface area (Å²) in [6.45, 7) is 14.0. The third-order valence-electron chi connectivity index (χ3n) is 3.87. The smallest absolute Gasteiger partial charge is 0.152 e. The van der Waals surface area contributed by atoms with Crippen LogP contribution in [0.25, 0.3) is 10.9 Å². The van der Waals surface area contributed by atoms with Crippen molar-refractivity contribution in [3.05, 3.63) is 36.0 Å². The Labute approximate surface area is 144 Å². The SMILES string of the molecule is C=CCOc1cc(C=O)c2c(cnn2COCC[Si](C)(C)C)c1C. The number of hydrogen-bond donors (Lipinski definition) is 0. The summed E-state index contributed by atoms with van der Waals surface area (Å²) < 4.78 is 13.2. The largest absolute Gasteiger partial charge is 0.489 e. The predicted molar refractivity (Wildman–Crippen MR) is 99.7 cm³/mol. The highest BCUT2D eigenvalue weighted by Gasteiger charge is 2.16. The lowest BCUT2D eigenvalue weighted by atomic mass is 10.1. The van der Waals surface area contributed by atoms with Gasteiger partial charge >= 0.3 is 0 Å². The van der Waals surface area contributed by atoms with Crippen LogP contribution in [0.4, 0.5) is 0 Å². The van der Waals surface area contributed by atoms with E-state index in [4.69, 9.17) is 9.47 Å². The van der Waals surface area contributed by atoms with Gasteiger partial charge in [-0.1, -0.05) is 32.3 Å². The highest BCUT2D eigenvalue weighted by atomic mass is 28.3. The first kappa shape index (κ1) is 18.4. The molecule has 0 saturated heterocycles. The summed E-state index contributed by atoms with van der Waals surface area (Å²) in [4.78, 5) is 11.5. The van der Waals surface area contributed by atoms with Crippen LogP contribution in [-0.4, -0.2) is 37.4 Å². The van der Waals surface area contributed by atoms with Gasteiger partial charge in [0.1, 0.15) is 19.1 Å². The molecule has 0 fully saturated rings. The summed E-state index contributed by atoms with van der Waals surface area (Å²) in [6.07, 6.45) is 4.28. The van der Waals surface area contributed by atoms with Crippen molar-refractivity contribution in [3.8, 4) is 5.75 Å². The number of benzene rings is 1. The lowest BCUT2D eigenvalue weighted by molar-refractivity contribution is 0.0815. The molecule has 2 aromatic rings. The second-order valence-corrected chi connectivity index (χ2v) is 12.7. The molecule has 0 unspecified atom stereocenters. The van der Waals surface area contributed by atoms with E-state index in [0.717, 1.165) is 28.8 Å². The van der Waals surface area contributed by atoms with Gasteiger partial charge in [0.25, 0.3) is 0 Å². The van der Waals surface area contributed by atoms with Gasteiger partial charge in [0, 0.05) is 31.2 Å². The van der Waals surface area contributed by atoms with Gasteiger partial charge in [-0.3, -0.25) is 4.79 Å². The molecule has 0 bridgehead atoms. The monoisotopic (exact) mass is 346 g/mol. The zero-order chi connectivity index (χ0) is 17.7. The summed E-state index contributed by atoms with van der Waals surface area (Å²) in [5.41, 5.74) is 2.31. The highest BCUT2D eigenvalue weighted by Crippen LogP contribution is 2.30. The topological polar surface area (TPSA) is 53.3 Å². The average molecular weight is 347 g/mol. The van der Waals surface area contributed by atoms with Gasteiger partial charge in [-0.25, -0.2) is 4.68 Å². The third-order valence-corrected chi connectivity index (χ3v) is 5.57. The molecule has 5 nitrogen and oxygen atoms in total. The van der Waals surface area contributed by atoms with Crippen LogP contribution in [0.3, 0.4) is 0 Å². The van der Waals surface area contributed by atoms with Crippen molar-refractivity contribution >= 4 is 25.3 Å². The lowest BCUT2D eigenvalue weighted by Gasteiger charge is -2.16. The second-order valence-electron chi connectivity index (χ2n) is 7.06. The Morgan fingerprint density at radius 3 is 2.75 bits per heavy atom. The van der Waals surface area contributed by atoms with Crippen LogP contribution >= 0.6 is 0 Å². The van der Waals surface area contributed by atoms with Crippen molar-refractivity contribution in [2.75, 3.05) is 13.2 Å². The molecule has 1 aromatic carbocycles. The number of hydrogen-bond acceptors (Lipinski definition) is 4. The number of nitrogens with zero attached hydrogens (tertiary/aromatic N) is 2. The number of fused-ring (bicyclic) bond motifs is 1. The van der Waals surface area contributed by atoms with Crippen LogP contribution in [0.5, 0.6) is 5.75 Å². The number of carbonyl (C=O) groups excluding carboxylic acids is 1. The molecule has 130 valence electrons. The molecule has 0 amide bonds. The molecule has 6 heteroatoms. The third kappa shape index (κ3) is 4.33. The first-order chi connectivity index (χ1) is 11.4. The zero-order valence-corrected chi connectivity index (χ0v) is 16.0. The van der Waals surface area contributed by atoms with Crippen molar-refractivity contribution in [2.24, 2.45) is 0 Å². The fraction of sp³-hybridized carbons (Fsp3) is 0.444. The first-order valence-electron chi connectivity index (χ1n) is 8.13. The minimum absolute atomic E-state index is 0.348. The minimum Gasteiger partial charge on any atom is -0.489 e. The van der Waals surface area contributed by atoms with Gasteiger partial charge in [-0.2, -0.15) is 5.10 Å². The number of carbonyl (C=O) groups is 1. The van der Waals surface area contributed by atoms with Crippen molar-refractivity contribution in [1.82, 2.24) is 9.78 Å². The fourth-order valence-corrected chi connectivity index (χ4v) is 3.19. The number of aromatic nitrogens is 2. The van der Waals surface area contributed by atoms with Gasteiger partial charge < -0.3 is 9.47 Å². The summed E-state index contributed by atoms with van der Waals surface area (Å²) in [5.74, 6) is 0.684. The van der Waals surface area contributed by atoms with Gasteiger partial charge in [-0.05, 0) is 19.0 Å². The van der Waals surface area contributed by atoms with Gasteiger partial charge in [0.15, 0.2) is 6.29 Å². The van der Waals surface area contributed by atoms with E-state index in [2.05, 4.69) is 31.3 Å². The van der Waals surface area contributed by atoms with Gasteiger partial charge in [-0.15, -0.1) is 0 Å². The van der Waals surface area contributed by atoms with Gasteiger partial charge in [0.05, 0.1) is 11.7 Å². The predicted octanol–water partition coefficient (Wildman–Crippen LogP) is 4.03. The van der Waals surface area contributed by atoms with E-state index in [9.17, 15) is 4.79 Å². The summed E-state index contributed by atoms with van der Waals surface area (Å²) in [5, 5.41) is 5.30. The molecule has 1 aromatic heterocycles.